The molecule has 0 aromatic heterocycles. The standard InChI is InChI=1S/C15H21ClN2OS/c16-13-5-6-14-12(10-13)4-3-9-18(14)8-2-1-7-17-15(19)11-20/h5-6,10,20H,1-4,7-9,11H2,(H,17,19). The molecule has 2 rings (SSSR count). The summed E-state index contributed by atoms with van der Waals surface area (Å²) < 4.78 is 0. The fourth-order valence-corrected chi connectivity index (χ4v) is 2.89. The number of amides is 1. The predicted molar refractivity (Wildman–Crippen MR) is 88.1 cm³/mol. The van der Waals surface area contributed by atoms with E-state index in [1.54, 1.807) is 0 Å². The van der Waals surface area contributed by atoms with E-state index in [0.29, 0.717) is 0 Å². The van der Waals surface area contributed by atoms with Gasteiger partial charge in [0.15, 0.2) is 0 Å². The number of fused-ring (bicyclic) bond motifs is 1. The summed E-state index contributed by atoms with van der Waals surface area (Å²) in [5.74, 6) is 0.270. The van der Waals surface area contributed by atoms with Crippen LogP contribution in [0.15, 0.2) is 18.2 Å². The highest BCUT2D eigenvalue weighted by Gasteiger charge is 2.16. The maximum absolute atomic E-state index is 11.1. The van der Waals surface area contributed by atoms with Gasteiger partial charge in [-0.15, -0.1) is 0 Å². The number of carbonyl (C=O) groups excluding carboxylic acids is 1. The Labute approximate surface area is 131 Å². The van der Waals surface area contributed by atoms with Crippen molar-refractivity contribution in [3.8, 4) is 0 Å². The van der Waals surface area contributed by atoms with Gasteiger partial charge in [-0.1, -0.05) is 11.6 Å². The van der Waals surface area contributed by atoms with Crippen molar-refractivity contribution < 1.29 is 4.79 Å². The molecular weight excluding hydrogens is 292 g/mol. The van der Waals surface area contributed by atoms with E-state index in [1.165, 1.54) is 17.7 Å². The van der Waals surface area contributed by atoms with Crippen molar-refractivity contribution in [1.82, 2.24) is 5.32 Å². The molecular formula is C15H21ClN2OS. The van der Waals surface area contributed by atoms with Crippen LogP contribution in [0.5, 0.6) is 0 Å². The average molecular weight is 313 g/mol. The Hall–Kier alpha value is -0.870. The van der Waals surface area contributed by atoms with E-state index in [-0.39, 0.29) is 11.7 Å². The highest BCUT2D eigenvalue weighted by molar-refractivity contribution is 7.81. The van der Waals surface area contributed by atoms with Crippen LogP contribution in [0.3, 0.4) is 0 Å². The number of unbranched alkanes of at least 4 members (excludes halogenated alkanes) is 1. The summed E-state index contributed by atoms with van der Waals surface area (Å²) in [5.41, 5.74) is 2.67. The van der Waals surface area contributed by atoms with Gasteiger partial charge < -0.3 is 10.2 Å². The molecule has 0 fully saturated rings. The molecule has 0 spiro atoms. The first-order chi connectivity index (χ1) is 9.70. The summed E-state index contributed by atoms with van der Waals surface area (Å²) in [5, 5.41) is 3.66. The van der Waals surface area contributed by atoms with Gasteiger partial charge in [0.2, 0.25) is 5.91 Å². The summed E-state index contributed by atoms with van der Waals surface area (Å²) in [6.07, 6.45) is 4.38. The van der Waals surface area contributed by atoms with Crippen LogP contribution in [0.2, 0.25) is 5.02 Å². The second-order valence-electron chi connectivity index (χ2n) is 5.08. The Morgan fingerprint density at radius 2 is 2.25 bits per heavy atom. The van der Waals surface area contributed by atoms with Crippen LogP contribution in [-0.2, 0) is 11.2 Å². The number of hydrogen-bond acceptors (Lipinski definition) is 3. The number of carbonyl (C=O) groups is 1. The van der Waals surface area contributed by atoms with Gasteiger partial charge in [-0.05, 0) is 49.4 Å². The lowest BCUT2D eigenvalue weighted by Gasteiger charge is -2.31. The Morgan fingerprint density at radius 1 is 1.40 bits per heavy atom. The molecule has 0 atom stereocenters. The fourth-order valence-electron chi connectivity index (χ4n) is 2.59. The van der Waals surface area contributed by atoms with Crippen LogP contribution in [0.4, 0.5) is 5.69 Å². The molecule has 1 aromatic rings. The molecule has 0 aliphatic carbocycles. The highest BCUT2D eigenvalue weighted by atomic mass is 35.5. The van der Waals surface area contributed by atoms with Crippen LogP contribution < -0.4 is 10.2 Å². The van der Waals surface area contributed by atoms with E-state index in [9.17, 15) is 4.79 Å². The third-order valence-electron chi connectivity index (χ3n) is 3.58. The van der Waals surface area contributed by atoms with Gasteiger partial charge >= 0.3 is 0 Å². The normalized spacial score (nSPS) is 14.0. The largest absolute Gasteiger partial charge is 0.371 e. The Kier molecular flexibility index (Phi) is 6.05. The van der Waals surface area contributed by atoms with Gasteiger partial charge in [0.1, 0.15) is 0 Å². The second kappa shape index (κ2) is 7.79. The van der Waals surface area contributed by atoms with Crippen LogP contribution in [0.25, 0.3) is 0 Å². The lowest BCUT2D eigenvalue weighted by atomic mass is 10.0. The number of nitrogens with one attached hydrogen (secondary N) is 1. The van der Waals surface area contributed by atoms with Gasteiger partial charge in [-0.2, -0.15) is 12.6 Å². The molecule has 20 heavy (non-hydrogen) atoms. The first-order valence-electron chi connectivity index (χ1n) is 7.11. The van der Waals surface area contributed by atoms with E-state index in [4.69, 9.17) is 11.6 Å². The molecule has 1 aliphatic rings. The number of anilines is 1. The molecule has 1 aliphatic heterocycles. The molecule has 110 valence electrons. The van der Waals surface area contributed by atoms with Gasteiger partial charge in [0.05, 0.1) is 5.75 Å². The van der Waals surface area contributed by atoms with Crippen molar-refractivity contribution in [1.29, 1.82) is 0 Å². The number of rotatable bonds is 6. The van der Waals surface area contributed by atoms with E-state index >= 15 is 0 Å². The van der Waals surface area contributed by atoms with E-state index in [0.717, 1.165) is 43.9 Å². The monoisotopic (exact) mass is 312 g/mol. The first kappa shape index (κ1) is 15.5. The third-order valence-corrected chi connectivity index (χ3v) is 4.10. The molecule has 1 heterocycles. The van der Waals surface area contributed by atoms with Crippen LogP contribution in [0.1, 0.15) is 24.8 Å². The second-order valence-corrected chi connectivity index (χ2v) is 5.83. The lowest BCUT2D eigenvalue weighted by Crippen LogP contribution is -2.31. The first-order valence-corrected chi connectivity index (χ1v) is 8.12. The number of benzene rings is 1. The molecule has 1 amide bonds. The lowest BCUT2D eigenvalue weighted by molar-refractivity contribution is -0.118. The zero-order valence-electron chi connectivity index (χ0n) is 11.6. The Bertz CT molecular complexity index is 467. The molecule has 0 saturated carbocycles. The summed E-state index contributed by atoms with van der Waals surface area (Å²) in [7, 11) is 0. The number of thiol groups is 1. The topological polar surface area (TPSA) is 32.3 Å². The molecule has 0 bridgehead atoms. The molecule has 3 nitrogen and oxygen atoms in total. The van der Waals surface area contributed by atoms with Crippen molar-refractivity contribution in [2.75, 3.05) is 30.3 Å². The summed E-state index contributed by atoms with van der Waals surface area (Å²) in [6.45, 7) is 2.88. The smallest absolute Gasteiger partial charge is 0.229 e. The summed E-state index contributed by atoms with van der Waals surface area (Å²) >= 11 is 9.98. The zero-order valence-corrected chi connectivity index (χ0v) is 13.2. The van der Waals surface area contributed by atoms with Crippen molar-refractivity contribution >= 4 is 35.8 Å². The maximum Gasteiger partial charge on any atom is 0.229 e. The molecule has 5 heteroatoms. The number of nitrogens with zero attached hydrogens (tertiary/aromatic N) is 1. The fraction of sp³-hybridized carbons (Fsp3) is 0.533. The maximum atomic E-state index is 11.1. The quantitative estimate of drug-likeness (QED) is 0.625. The Morgan fingerprint density at radius 3 is 3.05 bits per heavy atom. The molecule has 0 saturated heterocycles. The number of hydrogen-bond donors (Lipinski definition) is 2. The molecule has 1 aromatic carbocycles. The molecule has 0 radical (unpaired) electrons. The Balaban J connectivity index is 1.79. The number of halogens is 1. The minimum atomic E-state index is 0.00583. The molecule has 0 unspecified atom stereocenters. The van der Waals surface area contributed by atoms with Gasteiger partial charge in [0.25, 0.3) is 0 Å². The van der Waals surface area contributed by atoms with Gasteiger partial charge in [-0.3, -0.25) is 4.79 Å². The SMILES string of the molecule is O=C(CS)NCCCCN1CCCc2cc(Cl)ccc21. The van der Waals surface area contributed by atoms with Crippen molar-refractivity contribution in [2.45, 2.75) is 25.7 Å². The minimum absolute atomic E-state index is 0.00583. The minimum Gasteiger partial charge on any atom is -0.371 e. The van der Waals surface area contributed by atoms with Crippen molar-refractivity contribution in [3.63, 3.8) is 0 Å². The highest BCUT2D eigenvalue weighted by Crippen LogP contribution is 2.29. The van der Waals surface area contributed by atoms with Crippen LogP contribution >= 0.6 is 24.2 Å². The summed E-state index contributed by atoms with van der Waals surface area (Å²) in [4.78, 5) is 13.5. The van der Waals surface area contributed by atoms with E-state index in [1.807, 2.05) is 6.07 Å². The van der Waals surface area contributed by atoms with Gasteiger partial charge in [-0.25, -0.2) is 0 Å². The number of aryl methyl sites for hydroxylation is 1. The van der Waals surface area contributed by atoms with Crippen LogP contribution in [0, 0.1) is 0 Å². The summed E-state index contributed by atoms with van der Waals surface area (Å²) in [6, 6.07) is 6.17. The van der Waals surface area contributed by atoms with Crippen LogP contribution in [-0.4, -0.2) is 31.3 Å². The van der Waals surface area contributed by atoms with E-state index < -0.39 is 0 Å². The average Bonchev–Trinajstić information content (AvgIpc) is 2.46. The van der Waals surface area contributed by atoms with E-state index in [2.05, 4.69) is 35.0 Å². The third kappa shape index (κ3) is 4.32. The van der Waals surface area contributed by atoms with Gasteiger partial charge in [0, 0.05) is 30.3 Å². The van der Waals surface area contributed by atoms with Crippen molar-refractivity contribution in [2.24, 2.45) is 0 Å². The van der Waals surface area contributed by atoms with Crippen molar-refractivity contribution in [3.05, 3.63) is 28.8 Å². The molecule has 1 N–H and O–H groups in total. The predicted octanol–water partition coefficient (Wildman–Crippen LogP) is 2.92. The zero-order chi connectivity index (χ0) is 14.4.